The maximum absolute atomic E-state index is 12.6. The first kappa shape index (κ1) is 38.6. The number of esters is 2. The summed E-state index contributed by atoms with van der Waals surface area (Å²) >= 11 is 0. The molecule has 0 unspecified atom stereocenters. The zero-order valence-corrected chi connectivity index (χ0v) is 29.9. The highest BCUT2D eigenvalue weighted by molar-refractivity contribution is 5.92. The van der Waals surface area contributed by atoms with Crippen LogP contribution in [-0.2, 0) is 0 Å². The number of benzene rings is 4. The van der Waals surface area contributed by atoms with Crippen molar-refractivity contribution in [2.75, 3.05) is 26.3 Å². The molecule has 0 aliphatic carbocycles. The fraction of sp³-hybridized carbons (Fsp3) is 0.349. The van der Waals surface area contributed by atoms with Gasteiger partial charge in [-0.1, -0.05) is 52.4 Å². The van der Waals surface area contributed by atoms with Crippen LogP contribution in [0.2, 0.25) is 0 Å². The van der Waals surface area contributed by atoms with Crippen molar-refractivity contribution >= 4 is 24.4 Å². The van der Waals surface area contributed by atoms with Gasteiger partial charge in [0.1, 0.15) is 23.0 Å². The zero-order valence-electron chi connectivity index (χ0n) is 29.9. The molecule has 4 aromatic rings. The molecule has 0 saturated carbocycles. The van der Waals surface area contributed by atoms with Crippen LogP contribution < -0.4 is 18.9 Å². The Kier molecular flexibility index (Phi) is 17.0. The molecule has 0 aliphatic heterocycles. The third-order valence-electron chi connectivity index (χ3n) is 7.95. The summed E-state index contributed by atoms with van der Waals surface area (Å²) in [5.41, 5.74) is 2.77. The number of aliphatic imine (C=N–C) groups is 2. The second kappa shape index (κ2) is 22.5. The van der Waals surface area contributed by atoms with Crippen molar-refractivity contribution < 1.29 is 28.5 Å². The molecule has 0 saturated heterocycles. The second-order valence-electron chi connectivity index (χ2n) is 12.2. The van der Waals surface area contributed by atoms with E-state index in [1.807, 2.05) is 24.3 Å². The molecule has 0 amide bonds. The molecule has 0 N–H and O–H groups in total. The van der Waals surface area contributed by atoms with Gasteiger partial charge < -0.3 is 18.9 Å². The minimum Gasteiger partial charge on any atom is -0.494 e. The van der Waals surface area contributed by atoms with Gasteiger partial charge in [-0.15, -0.1) is 0 Å². The summed E-state index contributed by atoms with van der Waals surface area (Å²) in [6.45, 7) is 6.99. The van der Waals surface area contributed by atoms with Crippen molar-refractivity contribution in [3.8, 4) is 23.0 Å². The van der Waals surface area contributed by atoms with Crippen molar-refractivity contribution in [2.24, 2.45) is 9.98 Å². The van der Waals surface area contributed by atoms with Gasteiger partial charge in [0, 0.05) is 25.5 Å². The first-order chi connectivity index (χ1) is 25.0. The van der Waals surface area contributed by atoms with Crippen LogP contribution >= 0.6 is 0 Å². The van der Waals surface area contributed by atoms with E-state index in [4.69, 9.17) is 18.9 Å². The van der Waals surface area contributed by atoms with Crippen molar-refractivity contribution in [2.45, 2.75) is 71.6 Å². The van der Waals surface area contributed by atoms with E-state index in [9.17, 15) is 9.59 Å². The first-order valence-electron chi connectivity index (χ1n) is 18.1. The lowest BCUT2D eigenvalue weighted by atomic mass is 10.2. The predicted molar refractivity (Wildman–Crippen MR) is 204 cm³/mol. The molecule has 0 spiro atoms. The normalized spacial score (nSPS) is 11.2. The topological polar surface area (TPSA) is 95.8 Å². The molecule has 51 heavy (non-hydrogen) atoms. The quantitative estimate of drug-likeness (QED) is 0.0353. The van der Waals surface area contributed by atoms with Crippen LogP contribution in [0.15, 0.2) is 107 Å². The molecule has 0 aliphatic rings. The van der Waals surface area contributed by atoms with Crippen LogP contribution in [0.5, 0.6) is 23.0 Å². The second-order valence-corrected chi connectivity index (χ2v) is 12.2. The average Bonchev–Trinajstić information content (AvgIpc) is 3.16. The van der Waals surface area contributed by atoms with Gasteiger partial charge in [-0.2, -0.15) is 0 Å². The van der Waals surface area contributed by atoms with Crippen molar-refractivity contribution in [3.05, 3.63) is 119 Å². The Morgan fingerprint density at radius 2 is 0.843 bits per heavy atom. The number of unbranched alkanes of at least 4 members (excludes halogenated alkanes) is 6. The Hall–Kier alpha value is -5.24. The zero-order chi connectivity index (χ0) is 35.9. The molecular weight excluding hydrogens is 640 g/mol. The van der Waals surface area contributed by atoms with E-state index in [2.05, 4.69) is 23.8 Å². The van der Waals surface area contributed by atoms with Crippen LogP contribution in [0, 0.1) is 0 Å². The van der Waals surface area contributed by atoms with Crippen LogP contribution in [0.1, 0.15) is 103 Å². The number of rotatable bonds is 22. The fourth-order valence-electron chi connectivity index (χ4n) is 4.98. The summed E-state index contributed by atoms with van der Waals surface area (Å²) in [7, 11) is 0. The number of nitrogens with zero attached hydrogens (tertiary/aromatic N) is 2. The highest BCUT2D eigenvalue weighted by atomic mass is 16.5. The van der Waals surface area contributed by atoms with Crippen molar-refractivity contribution in [1.29, 1.82) is 0 Å². The molecule has 8 heteroatoms. The minimum atomic E-state index is -0.415. The SMILES string of the molecule is CCCCCCOc1ccc(C(=O)Oc2ccc(C=NCCCN=Cc3ccc(OC(=O)c4ccc(OCCCCCC)cc4)cc3)cc2)cc1. The van der Waals surface area contributed by atoms with Gasteiger partial charge in [0.25, 0.3) is 0 Å². The Morgan fingerprint density at radius 3 is 1.22 bits per heavy atom. The lowest BCUT2D eigenvalue weighted by Gasteiger charge is -2.08. The molecule has 0 atom stereocenters. The van der Waals surface area contributed by atoms with Gasteiger partial charge in [0.2, 0.25) is 0 Å². The summed E-state index contributed by atoms with van der Waals surface area (Å²) in [6, 6.07) is 28.6. The monoisotopic (exact) mass is 690 g/mol. The van der Waals surface area contributed by atoms with Gasteiger partial charge in [-0.05, 0) is 127 Å². The number of ether oxygens (including phenoxy) is 4. The highest BCUT2D eigenvalue weighted by Crippen LogP contribution is 2.19. The lowest BCUT2D eigenvalue weighted by molar-refractivity contribution is 0.0725. The molecule has 0 fully saturated rings. The maximum atomic E-state index is 12.6. The molecule has 268 valence electrons. The number of hydrogen-bond acceptors (Lipinski definition) is 8. The van der Waals surface area contributed by atoms with Crippen molar-refractivity contribution in [1.82, 2.24) is 0 Å². The largest absolute Gasteiger partial charge is 0.494 e. The van der Waals surface area contributed by atoms with Gasteiger partial charge in [-0.3, -0.25) is 9.98 Å². The smallest absolute Gasteiger partial charge is 0.343 e. The van der Waals surface area contributed by atoms with Crippen LogP contribution in [0.25, 0.3) is 0 Å². The summed E-state index contributed by atoms with van der Waals surface area (Å²) in [5.74, 6) is 1.62. The Bertz CT molecular complexity index is 1520. The van der Waals surface area contributed by atoms with E-state index in [0.717, 1.165) is 54.7 Å². The molecule has 4 rings (SSSR count). The van der Waals surface area contributed by atoms with E-state index in [0.29, 0.717) is 48.9 Å². The van der Waals surface area contributed by atoms with Crippen LogP contribution in [0.3, 0.4) is 0 Å². The fourth-order valence-corrected chi connectivity index (χ4v) is 4.98. The summed E-state index contributed by atoms with van der Waals surface area (Å²) in [5, 5.41) is 0. The molecule has 0 bridgehead atoms. The van der Waals surface area contributed by atoms with E-state index in [1.165, 1.54) is 25.7 Å². The first-order valence-corrected chi connectivity index (χ1v) is 18.1. The predicted octanol–water partition coefficient (Wildman–Crippen LogP) is 9.97. The maximum Gasteiger partial charge on any atom is 0.343 e. The molecule has 8 nitrogen and oxygen atoms in total. The average molecular weight is 691 g/mol. The molecule has 4 aromatic carbocycles. The van der Waals surface area contributed by atoms with Crippen LogP contribution in [0.4, 0.5) is 0 Å². The Labute approximate surface area is 302 Å². The third kappa shape index (κ3) is 14.6. The summed E-state index contributed by atoms with van der Waals surface area (Å²) < 4.78 is 22.5. The van der Waals surface area contributed by atoms with E-state index >= 15 is 0 Å². The van der Waals surface area contributed by atoms with Crippen molar-refractivity contribution in [3.63, 3.8) is 0 Å². The van der Waals surface area contributed by atoms with E-state index < -0.39 is 11.9 Å². The summed E-state index contributed by atoms with van der Waals surface area (Å²) in [4.78, 5) is 34.1. The summed E-state index contributed by atoms with van der Waals surface area (Å²) in [6.07, 6.45) is 13.6. The molecular formula is C43H50N2O6. The molecule has 0 radical (unpaired) electrons. The number of hydrogen-bond donors (Lipinski definition) is 0. The number of carbonyl (C=O) groups excluding carboxylic acids is 2. The Morgan fingerprint density at radius 1 is 0.471 bits per heavy atom. The van der Waals surface area contributed by atoms with E-state index in [-0.39, 0.29) is 0 Å². The number of carbonyl (C=O) groups is 2. The third-order valence-corrected chi connectivity index (χ3v) is 7.95. The molecule has 0 aromatic heterocycles. The van der Waals surface area contributed by atoms with E-state index in [1.54, 1.807) is 85.2 Å². The van der Waals surface area contributed by atoms with Crippen LogP contribution in [-0.4, -0.2) is 50.7 Å². The minimum absolute atomic E-state index is 0.415. The van der Waals surface area contributed by atoms with Gasteiger partial charge >= 0.3 is 11.9 Å². The molecule has 0 heterocycles. The Balaban J connectivity index is 1.10. The lowest BCUT2D eigenvalue weighted by Crippen LogP contribution is -2.08. The standard InChI is InChI=1S/C43H50N2O6/c1-3-5-7-9-30-48-38-24-16-36(17-25-38)42(46)50-40-20-12-34(13-21-40)32-44-28-11-29-45-33-35-14-22-41(23-15-35)51-43(47)37-18-26-39(27-19-37)49-31-10-8-6-4-2/h12-27,32-33H,3-11,28-31H2,1-2H3. The van der Waals surface area contributed by atoms with Gasteiger partial charge in [0.15, 0.2) is 0 Å². The van der Waals surface area contributed by atoms with Gasteiger partial charge in [0.05, 0.1) is 24.3 Å². The highest BCUT2D eigenvalue weighted by Gasteiger charge is 2.10. The van der Waals surface area contributed by atoms with Gasteiger partial charge in [-0.25, -0.2) is 9.59 Å².